The van der Waals surface area contributed by atoms with Gasteiger partial charge in [0.25, 0.3) is 0 Å². The number of carbonyl (C=O) groups excluding carboxylic acids is 2. The van der Waals surface area contributed by atoms with Crippen LogP contribution in [0.15, 0.2) is 12.1 Å². The largest absolute Gasteiger partial charge is 0.383 e. The van der Waals surface area contributed by atoms with Gasteiger partial charge in [-0.05, 0) is 6.07 Å². The number of ether oxygens (including phenoxy) is 1. The molecule has 0 atom stereocenters. The van der Waals surface area contributed by atoms with Crippen LogP contribution in [0, 0.1) is 17.5 Å². The van der Waals surface area contributed by atoms with Gasteiger partial charge in [-0.25, -0.2) is 13.2 Å². The molecule has 1 aromatic rings. The Hall–Kier alpha value is -2.09. The molecule has 0 radical (unpaired) electrons. The standard InChI is InChI=1S/C15H17F3N2O3/c1-23-5-4-19-2-3-20(9-15(19)22)14(21)7-10-6-12(17)13(18)8-11(10)16/h6,8H,2-5,7,9H2,1H3. The summed E-state index contributed by atoms with van der Waals surface area (Å²) in [7, 11) is 1.53. The fourth-order valence-corrected chi connectivity index (χ4v) is 2.33. The fourth-order valence-electron chi connectivity index (χ4n) is 2.33. The predicted octanol–water partition coefficient (Wildman–Crippen LogP) is 0.964. The topological polar surface area (TPSA) is 49.9 Å². The Morgan fingerprint density at radius 1 is 1.17 bits per heavy atom. The maximum Gasteiger partial charge on any atom is 0.242 e. The van der Waals surface area contributed by atoms with Gasteiger partial charge in [-0.1, -0.05) is 0 Å². The summed E-state index contributed by atoms with van der Waals surface area (Å²) in [5, 5.41) is 0. The molecule has 0 saturated carbocycles. The van der Waals surface area contributed by atoms with Crippen molar-refractivity contribution < 1.29 is 27.5 Å². The van der Waals surface area contributed by atoms with E-state index in [0.717, 1.165) is 0 Å². The summed E-state index contributed by atoms with van der Waals surface area (Å²) >= 11 is 0. The maximum absolute atomic E-state index is 13.6. The minimum absolute atomic E-state index is 0.117. The fraction of sp³-hybridized carbons (Fsp3) is 0.467. The van der Waals surface area contributed by atoms with E-state index in [1.165, 1.54) is 12.0 Å². The average Bonchev–Trinajstić information content (AvgIpc) is 2.51. The molecule has 2 rings (SSSR count). The van der Waals surface area contributed by atoms with Gasteiger partial charge in [0.15, 0.2) is 11.6 Å². The highest BCUT2D eigenvalue weighted by molar-refractivity contribution is 5.87. The third-order valence-corrected chi connectivity index (χ3v) is 3.67. The molecule has 5 nitrogen and oxygen atoms in total. The highest BCUT2D eigenvalue weighted by atomic mass is 19.2. The van der Waals surface area contributed by atoms with E-state index in [9.17, 15) is 22.8 Å². The summed E-state index contributed by atoms with van der Waals surface area (Å²) in [5.41, 5.74) is -0.233. The van der Waals surface area contributed by atoms with Crippen molar-refractivity contribution in [3.8, 4) is 0 Å². The number of benzene rings is 1. The number of rotatable bonds is 5. The van der Waals surface area contributed by atoms with Crippen LogP contribution in [0.3, 0.4) is 0 Å². The van der Waals surface area contributed by atoms with Crippen molar-refractivity contribution in [2.45, 2.75) is 6.42 Å². The number of piperazine rings is 1. The average molecular weight is 330 g/mol. The first-order valence-corrected chi connectivity index (χ1v) is 7.10. The Morgan fingerprint density at radius 3 is 2.52 bits per heavy atom. The van der Waals surface area contributed by atoms with Crippen LogP contribution in [0.25, 0.3) is 0 Å². The highest BCUT2D eigenvalue weighted by Crippen LogP contribution is 2.15. The summed E-state index contributed by atoms with van der Waals surface area (Å²) in [6.07, 6.45) is -0.422. The molecule has 0 N–H and O–H groups in total. The van der Waals surface area contributed by atoms with Gasteiger partial charge in [0.1, 0.15) is 5.82 Å². The van der Waals surface area contributed by atoms with Crippen LogP contribution in [0.2, 0.25) is 0 Å². The molecule has 1 heterocycles. The molecule has 0 unspecified atom stereocenters. The van der Waals surface area contributed by atoms with Crippen LogP contribution in [-0.4, -0.2) is 61.5 Å². The molecule has 2 amide bonds. The van der Waals surface area contributed by atoms with Gasteiger partial charge in [0, 0.05) is 38.4 Å². The SMILES string of the molecule is COCCN1CCN(C(=O)Cc2cc(F)c(F)cc2F)CC1=O. The second kappa shape index (κ2) is 7.45. The molecule has 1 fully saturated rings. The van der Waals surface area contributed by atoms with Crippen molar-refractivity contribution in [1.29, 1.82) is 0 Å². The second-order valence-corrected chi connectivity index (χ2v) is 5.22. The molecular weight excluding hydrogens is 313 g/mol. The molecule has 1 aliphatic heterocycles. The highest BCUT2D eigenvalue weighted by Gasteiger charge is 2.27. The number of hydrogen-bond donors (Lipinski definition) is 0. The van der Waals surface area contributed by atoms with Crippen LogP contribution in [0.5, 0.6) is 0 Å². The zero-order valence-corrected chi connectivity index (χ0v) is 12.7. The molecule has 0 aromatic heterocycles. The summed E-state index contributed by atoms with van der Waals surface area (Å²) < 4.78 is 44.5. The van der Waals surface area contributed by atoms with E-state index >= 15 is 0 Å². The van der Waals surface area contributed by atoms with Gasteiger partial charge in [-0.2, -0.15) is 0 Å². The lowest BCUT2D eigenvalue weighted by molar-refractivity contribution is -0.145. The maximum atomic E-state index is 13.6. The van der Waals surface area contributed by atoms with E-state index in [4.69, 9.17) is 4.74 Å². The van der Waals surface area contributed by atoms with Crippen LogP contribution >= 0.6 is 0 Å². The van der Waals surface area contributed by atoms with Gasteiger partial charge in [0.05, 0.1) is 19.6 Å². The van der Waals surface area contributed by atoms with Crippen molar-refractivity contribution in [2.75, 3.05) is 39.9 Å². The number of methoxy groups -OCH3 is 1. The third-order valence-electron chi connectivity index (χ3n) is 3.67. The Labute approximate surface area is 131 Å². The smallest absolute Gasteiger partial charge is 0.242 e. The second-order valence-electron chi connectivity index (χ2n) is 5.22. The van der Waals surface area contributed by atoms with Crippen LogP contribution in [0.4, 0.5) is 13.2 Å². The van der Waals surface area contributed by atoms with E-state index in [1.807, 2.05) is 0 Å². The molecular formula is C15H17F3N2O3. The molecule has 23 heavy (non-hydrogen) atoms. The minimum atomic E-state index is -1.30. The summed E-state index contributed by atoms with van der Waals surface area (Å²) in [5.74, 6) is -4.24. The number of amides is 2. The number of carbonyl (C=O) groups is 2. The van der Waals surface area contributed by atoms with E-state index in [1.54, 1.807) is 4.90 Å². The van der Waals surface area contributed by atoms with Crippen molar-refractivity contribution in [1.82, 2.24) is 9.80 Å². The quantitative estimate of drug-likeness (QED) is 0.756. The number of halogens is 3. The minimum Gasteiger partial charge on any atom is -0.383 e. The number of nitrogens with zero attached hydrogens (tertiary/aromatic N) is 2. The monoisotopic (exact) mass is 330 g/mol. The van der Waals surface area contributed by atoms with Gasteiger partial charge in [0.2, 0.25) is 11.8 Å². The Morgan fingerprint density at radius 2 is 1.87 bits per heavy atom. The zero-order valence-electron chi connectivity index (χ0n) is 12.7. The van der Waals surface area contributed by atoms with Crippen molar-refractivity contribution in [3.05, 3.63) is 35.1 Å². The lowest BCUT2D eigenvalue weighted by atomic mass is 10.1. The van der Waals surface area contributed by atoms with Gasteiger partial charge < -0.3 is 14.5 Å². The van der Waals surface area contributed by atoms with Crippen LogP contribution in [-0.2, 0) is 20.7 Å². The normalized spacial score (nSPS) is 15.2. The molecule has 1 saturated heterocycles. The third kappa shape index (κ3) is 4.22. The van der Waals surface area contributed by atoms with Crippen molar-refractivity contribution in [2.24, 2.45) is 0 Å². The van der Waals surface area contributed by atoms with Gasteiger partial charge >= 0.3 is 0 Å². The lowest BCUT2D eigenvalue weighted by Crippen LogP contribution is -2.53. The van der Waals surface area contributed by atoms with Crippen molar-refractivity contribution >= 4 is 11.8 Å². The summed E-state index contributed by atoms with van der Waals surface area (Å²) in [6.45, 7) is 1.39. The van der Waals surface area contributed by atoms with Crippen LogP contribution < -0.4 is 0 Å². The first-order valence-electron chi connectivity index (χ1n) is 7.10. The first kappa shape index (κ1) is 17.3. The van der Waals surface area contributed by atoms with Crippen molar-refractivity contribution in [3.63, 3.8) is 0 Å². The van der Waals surface area contributed by atoms with E-state index in [-0.39, 0.29) is 18.0 Å². The molecule has 0 aliphatic carbocycles. The molecule has 1 aromatic carbocycles. The predicted molar refractivity (Wildman–Crippen MR) is 75.1 cm³/mol. The van der Waals surface area contributed by atoms with Gasteiger partial charge in [-0.3, -0.25) is 9.59 Å². The molecule has 8 heteroatoms. The number of hydrogen-bond acceptors (Lipinski definition) is 3. The van der Waals surface area contributed by atoms with Crippen LogP contribution in [0.1, 0.15) is 5.56 Å². The van der Waals surface area contributed by atoms with E-state index in [0.29, 0.717) is 38.4 Å². The lowest BCUT2D eigenvalue weighted by Gasteiger charge is -2.34. The van der Waals surface area contributed by atoms with E-state index < -0.39 is 29.8 Å². The Balaban J connectivity index is 1.97. The first-order chi connectivity index (χ1) is 10.9. The molecule has 0 bridgehead atoms. The molecule has 1 aliphatic rings. The molecule has 126 valence electrons. The van der Waals surface area contributed by atoms with Gasteiger partial charge in [-0.15, -0.1) is 0 Å². The Bertz CT molecular complexity index is 610. The summed E-state index contributed by atoms with van der Waals surface area (Å²) in [6, 6.07) is 1.07. The molecule has 0 spiro atoms. The van der Waals surface area contributed by atoms with E-state index in [2.05, 4.69) is 0 Å². The summed E-state index contributed by atoms with van der Waals surface area (Å²) in [4.78, 5) is 26.9. The zero-order chi connectivity index (χ0) is 17.0. The Kier molecular flexibility index (Phi) is 5.59.